The van der Waals surface area contributed by atoms with E-state index in [4.69, 9.17) is 10.5 Å². The van der Waals surface area contributed by atoms with Crippen molar-refractivity contribution in [2.75, 3.05) is 26.2 Å². The first-order valence-corrected chi connectivity index (χ1v) is 7.76. The summed E-state index contributed by atoms with van der Waals surface area (Å²) >= 11 is 0. The molecule has 1 amide bonds. The molecule has 1 aromatic carbocycles. The first-order chi connectivity index (χ1) is 10.1. The van der Waals surface area contributed by atoms with Gasteiger partial charge in [0.2, 0.25) is 5.91 Å². The fourth-order valence-corrected chi connectivity index (χ4v) is 2.73. The van der Waals surface area contributed by atoms with E-state index < -0.39 is 0 Å². The number of hydrogen-bond acceptors (Lipinski definition) is 3. The molecular formula is C17H27ClN2O2. The van der Waals surface area contributed by atoms with Gasteiger partial charge in [-0.25, -0.2) is 0 Å². The van der Waals surface area contributed by atoms with Crippen LogP contribution < -0.4 is 10.5 Å². The summed E-state index contributed by atoms with van der Waals surface area (Å²) in [6.07, 6.45) is 2.36. The van der Waals surface area contributed by atoms with Crippen LogP contribution in [0, 0.1) is 5.41 Å². The van der Waals surface area contributed by atoms with Crippen molar-refractivity contribution in [1.82, 2.24) is 4.90 Å². The van der Waals surface area contributed by atoms with Gasteiger partial charge in [0.1, 0.15) is 5.75 Å². The molecule has 1 atom stereocenters. The number of ether oxygens (including phenoxy) is 1. The van der Waals surface area contributed by atoms with E-state index in [2.05, 4.69) is 6.92 Å². The van der Waals surface area contributed by atoms with E-state index in [9.17, 15) is 4.79 Å². The lowest BCUT2D eigenvalue weighted by molar-refractivity contribution is -0.130. The SMILES string of the molecule is CCOc1ccc(CCC(=O)N2CCC(C)(CN)C2)cc1.Cl. The van der Waals surface area contributed by atoms with Crippen LogP contribution in [0.2, 0.25) is 0 Å². The maximum Gasteiger partial charge on any atom is 0.222 e. The molecule has 1 aliphatic rings. The van der Waals surface area contributed by atoms with Gasteiger partial charge in [-0.2, -0.15) is 0 Å². The van der Waals surface area contributed by atoms with Crippen LogP contribution in [0.1, 0.15) is 32.3 Å². The lowest BCUT2D eigenvalue weighted by Crippen LogP contribution is -2.34. The van der Waals surface area contributed by atoms with E-state index >= 15 is 0 Å². The molecule has 1 unspecified atom stereocenters. The van der Waals surface area contributed by atoms with Crippen LogP contribution in [0.25, 0.3) is 0 Å². The van der Waals surface area contributed by atoms with Gasteiger partial charge in [-0.15, -0.1) is 12.4 Å². The predicted octanol–water partition coefficient (Wildman–Crippen LogP) is 2.64. The quantitative estimate of drug-likeness (QED) is 0.874. The topological polar surface area (TPSA) is 55.6 Å². The van der Waals surface area contributed by atoms with Crippen molar-refractivity contribution in [2.24, 2.45) is 11.1 Å². The molecule has 2 rings (SSSR count). The van der Waals surface area contributed by atoms with Gasteiger partial charge in [0.05, 0.1) is 6.61 Å². The Morgan fingerprint density at radius 3 is 2.59 bits per heavy atom. The molecule has 1 heterocycles. The first-order valence-electron chi connectivity index (χ1n) is 7.76. The minimum absolute atomic E-state index is 0. The van der Waals surface area contributed by atoms with Crippen LogP contribution in [-0.2, 0) is 11.2 Å². The van der Waals surface area contributed by atoms with E-state index in [0.717, 1.165) is 31.7 Å². The van der Waals surface area contributed by atoms with Crippen molar-refractivity contribution in [2.45, 2.75) is 33.1 Å². The summed E-state index contributed by atoms with van der Waals surface area (Å²) in [5.41, 5.74) is 7.06. The molecule has 0 spiro atoms. The van der Waals surface area contributed by atoms with Gasteiger partial charge >= 0.3 is 0 Å². The number of carbonyl (C=O) groups excluding carboxylic acids is 1. The Morgan fingerprint density at radius 2 is 2.05 bits per heavy atom. The van der Waals surface area contributed by atoms with E-state index in [1.807, 2.05) is 36.1 Å². The van der Waals surface area contributed by atoms with Crippen LogP contribution in [0.15, 0.2) is 24.3 Å². The van der Waals surface area contributed by atoms with Gasteiger partial charge in [0, 0.05) is 19.5 Å². The fourth-order valence-electron chi connectivity index (χ4n) is 2.73. The zero-order chi connectivity index (χ0) is 15.3. The summed E-state index contributed by atoms with van der Waals surface area (Å²) in [5.74, 6) is 1.12. The highest BCUT2D eigenvalue weighted by Crippen LogP contribution is 2.29. The highest BCUT2D eigenvalue weighted by Gasteiger charge is 2.34. The fraction of sp³-hybridized carbons (Fsp3) is 0.588. The van der Waals surface area contributed by atoms with Gasteiger partial charge in [0.25, 0.3) is 0 Å². The van der Waals surface area contributed by atoms with Gasteiger partial charge in [-0.1, -0.05) is 19.1 Å². The monoisotopic (exact) mass is 326 g/mol. The number of amides is 1. The molecular weight excluding hydrogens is 300 g/mol. The smallest absolute Gasteiger partial charge is 0.222 e. The van der Waals surface area contributed by atoms with Crippen LogP contribution in [0.4, 0.5) is 0 Å². The van der Waals surface area contributed by atoms with Crippen molar-refractivity contribution >= 4 is 18.3 Å². The second-order valence-corrected chi connectivity index (χ2v) is 6.16. The summed E-state index contributed by atoms with van der Waals surface area (Å²) in [4.78, 5) is 14.2. The summed E-state index contributed by atoms with van der Waals surface area (Å²) in [5, 5.41) is 0. The first kappa shape index (κ1) is 18.8. The predicted molar refractivity (Wildman–Crippen MR) is 91.5 cm³/mol. The van der Waals surface area contributed by atoms with Crippen LogP contribution in [0.3, 0.4) is 0 Å². The average Bonchev–Trinajstić information content (AvgIpc) is 2.90. The summed E-state index contributed by atoms with van der Waals surface area (Å²) in [6, 6.07) is 7.99. The molecule has 0 bridgehead atoms. The lowest BCUT2D eigenvalue weighted by Gasteiger charge is -2.22. The highest BCUT2D eigenvalue weighted by molar-refractivity contribution is 5.85. The molecule has 1 saturated heterocycles. The summed E-state index contributed by atoms with van der Waals surface area (Å²) < 4.78 is 5.42. The number of carbonyl (C=O) groups is 1. The molecule has 124 valence electrons. The standard InChI is InChI=1S/C17H26N2O2.ClH/c1-3-21-15-7-4-14(5-8-15)6-9-16(20)19-11-10-17(2,12-18)13-19;/h4-5,7-8H,3,6,9-13,18H2,1-2H3;1H. The van der Waals surface area contributed by atoms with Crippen molar-refractivity contribution < 1.29 is 9.53 Å². The Hall–Kier alpha value is -1.26. The van der Waals surface area contributed by atoms with Gasteiger partial charge in [-0.05, 0) is 49.4 Å². The zero-order valence-corrected chi connectivity index (χ0v) is 14.3. The number of likely N-dealkylation sites (tertiary alicyclic amines) is 1. The Morgan fingerprint density at radius 1 is 1.36 bits per heavy atom. The molecule has 5 heteroatoms. The molecule has 4 nitrogen and oxygen atoms in total. The van der Waals surface area contributed by atoms with E-state index in [1.165, 1.54) is 5.56 Å². The van der Waals surface area contributed by atoms with E-state index in [-0.39, 0.29) is 23.7 Å². The Bertz CT molecular complexity index is 478. The molecule has 0 aromatic heterocycles. The van der Waals surface area contributed by atoms with E-state index in [0.29, 0.717) is 19.6 Å². The Labute approximate surface area is 139 Å². The van der Waals surface area contributed by atoms with Gasteiger partial charge in [-0.3, -0.25) is 4.79 Å². The summed E-state index contributed by atoms with van der Waals surface area (Å²) in [6.45, 7) is 7.09. The number of rotatable bonds is 6. The largest absolute Gasteiger partial charge is 0.494 e. The van der Waals surface area contributed by atoms with Crippen LogP contribution in [-0.4, -0.2) is 37.0 Å². The minimum atomic E-state index is 0. The number of benzene rings is 1. The number of hydrogen-bond donors (Lipinski definition) is 1. The maximum atomic E-state index is 12.3. The second kappa shape index (κ2) is 8.39. The Kier molecular flexibility index (Phi) is 7.17. The minimum Gasteiger partial charge on any atom is -0.494 e. The highest BCUT2D eigenvalue weighted by atomic mass is 35.5. The third-order valence-electron chi connectivity index (χ3n) is 4.27. The number of nitrogens with zero attached hydrogens (tertiary/aromatic N) is 1. The van der Waals surface area contributed by atoms with Crippen molar-refractivity contribution in [3.05, 3.63) is 29.8 Å². The van der Waals surface area contributed by atoms with Crippen LogP contribution in [0.5, 0.6) is 5.75 Å². The third-order valence-corrected chi connectivity index (χ3v) is 4.27. The lowest BCUT2D eigenvalue weighted by atomic mass is 9.90. The molecule has 0 saturated carbocycles. The number of nitrogens with two attached hydrogens (primary N) is 1. The Balaban J connectivity index is 0.00000242. The molecule has 0 radical (unpaired) electrons. The van der Waals surface area contributed by atoms with Crippen molar-refractivity contribution in [3.63, 3.8) is 0 Å². The molecule has 1 aromatic rings. The molecule has 0 aliphatic carbocycles. The molecule has 22 heavy (non-hydrogen) atoms. The maximum absolute atomic E-state index is 12.3. The van der Waals surface area contributed by atoms with Crippen LogP contribution >= 0.6 is 12.4 Å². The van der Waals surface area contributed by atoms with E-state index in [1.54, 1.807) is 0 Å². The van der Waals surface area contributed by atoms with Gasteiger partial charge in [0.15, 0.2) is 0 Å². The third kappa shape index (κ3) is 4.89. The summed E-state index contributed by atoms with van der Waals surface area (Å²) in [7, 11) is 0. The molecule has 1 fully saturated rings. The molecule has 2 N–H and O–H groups in total. The molecule has 1 aliphatic heterocycles. The number of aryl methyl sites for hydroxylation is 1. The van der Waals surface area contributed by atoms with Gasteiger partial charge < -0.3 is 15.4 Å². The van der Waals surface area contributed by atoms with Crippen molar-refractivity contribution in [3.8, 4) is 5.75 Å². The number of halogens is 1. The average molecular weight is 327 g/mol. The van der Waals surface area contributed by atoms with Crippen molar-refractivity contribution in [1.29, 1.82) is 0 Å². The zero-order valence-electron chi connectivity index (χ0n) is 13.5. The normalized spacial score (nSPS) is 20.6. The second-order valence-electron chi connectivity index (χ2n) is 6.16.